The van der Waals surface area contributed by atoms with E-state index in [0.717, 1.165) is 64.5 Å². The maximum atomic E-state index is 12.9. The summed E-state index contributed by atoms with van der Waals surface area (Å²) in [6, 6.07) is 5.07. The van der Waals surface area contributed by atoms with Crippen molar-refractivity contribution in [3.63, 3.8) is 0 Å². The van der Waals surface area contributed by atoms with Crippen LogP contribution in [0, 0.1) is 16.0 Å². The van der Waals surface area contributed by atoms with Gasteiger partial charge in [0, 0.05) is 63.0 Å². The monoisotopic (exact) mass is 418 g/mol. The summed E-state index contributed by atoms with van der Waals surface area (Å²) in [7, 11) is 0. The zero-order valence-corrected chi connectivity index (χ0v) is 17.3. The highest BCUT2D eigenvalue weighted by atomic mass is 16.6. The lowest BCUT2D eigenvalue weighted by molar-refractivity contribution is -0.385. The van der Waals surface area contributed by atoms with Crippen molar-refractivity contribution in [2.24, 2.45) is 5.92 Å². The van der Waals surface area contributed by atoms with Gasteiger partial charge in [-0.25, -0.2) is 0 Å². The predicted molar refractivity (Wildman–Crippen MR) is 112 cm³/mol. The summed E-state index contributed by atoms with van der Waals surface area (Å²) in [6.07, 6.45) is 2.92. The number of anilines is 1. The molecule has 9 nitrogen and oxygen atoms in total. The molecule has 0 radical (unpaired) electrons. The third kappa shape index (κ3) is 4.74. The van der Waals surface area contributed by atoms with E-state index in [1.54, 1.807) is 17.0 Å². The normalized spacial score (nSPS) is 23.5. The molecule has 1 amide bonds. The summed E-state index contributed by atoms with van der Waals surface area (Å²) in [5, 5.41) is 14.9. The highest BCUT2D eigenvalue weighted by molar-refractivity contribution is 5.99. The fraction of sp³-hybridized carbons (Fsp3) is 0.667. The average Bonchev–Trinajstić information content (AvgIpc) is 3.48. The van der Waals surface area contributed by atoms with Crippen LogP contribution in [0.15, 0.2) is 18.2 Å². The number of hydrogen-bond acceptors (Lipinski definition) is 7. The smallest absolute Gasteiger partial charge is 0.282 e. The molecule has 1 aromatic rings. The molecule has 1 N–H and O–H groups in total. The van der Waals surface area contributed by atoms with Gasteiger partial charge in [0.2, 0.25) is 0 Å². The lowest BCUT2D eigenvalue weighted by atomic mass is 9.96. The zero-order chi connectivity index (χ0) is 20.9. The molecule has 0 bridgehead atoms. The van der Waals surface area contributed by atoms with Crippen molar-refractivity contribution in [2.45, 2.75) is 25.3 Å². The molecule has 9 heteroatoms. The lowest BCUT2D eigenvalue weighted by Gasteiger charge is -2.37. The van der Waals surface area contributed by atoms with Gasteiger partial charge in [0.1, 0.15) is 5.56 Å². The van der Waals surface area contributed by atoms with Gasteiger partial charge in [0.25, 0.3) is 11.6 Å². The van der Waals surface area contributed by atoms with Crippen molar-refractivity contribution in [3.05, 3.63) is 33.9 Å². The number of likely N-dealkylation sites (tertiary alicyclic amines) is 1. The van der Waals surface area contributed by atoms with E-state index in [1.807, 2.05) is 0 Å². The molecule has 2 unspecified atom stereocenters. The maximum Gasteiger partial charge on any atom is 0.282 e. The SMILES string of the molecule is O=C(c1cc(NCC(C2CCOC2)N2CCOCC2)ccc1[N+](=O)[O-])N1CCCC1. The summed E-state index contributed by atoms with van der Waals surface area (Å²) < 4.78 is 11.1. The second kappa shape index (κ2) is 9.72. The molecule has 3 aliphatic heterocycles. The van der Waals surface area contributed by atoms with Crippen molar-refractivity contribution in [3.8, 4) is 0 Å². The molecule has 4 rings (SSSR count). The van der Waals surface area contributed by atoms with Crippen LogP contribution in [-0.4, -0.2) is 85.8 Å². The summed E-state index contributed by atoms with van der Waals surface area (Å²) in [5.41, 5.74) is 0.769. The Morgan fingerprint density at radius 1 is 1.17 bits per heavy atom. The molecule has 3 heterocycles. The van der Waals surface area contributed by atoms with Crippen LogP contribution in [-0.2, 0) is 9.47 Å². The first-order chi connectivity index (χ1) is 14.6. The average molecular weight is 418 g/mol. The first-order valence-electron chi connectivity index (χ1n) is 10.8. The van der Waals surface area contributed by atoms with Gasteiger partial charge in [-0.05, 0) is 31.4 Å². The number of hydrogen-bond donors (Lipinski definition) is 1. The van der Waals surface area contributed by atoms with Gasteiger partial charge in [-0.3, -0.25) is 19.8 Å². The quantitative estimate of drug-likeness (QED) is 0.534. The molecule has 0 aliphatic carbocycles. The fourth-order valence-corrected chi connectivity index (χ4v) is 4.65. The van der Waals surface area contributed by atoms with Crippen molar-refractivity contribution in [1.82, 2.24) is 9.80 Å². The molecule has 30 heavy (non-hydrogen) atoms. The first-order valence-corrected chi connectivity index (χ1v) is 10.8. The van der Waals surface area contributed by atoms with Crippen LogP contribution in [0.3, 0.4) is 0 Å². The Labute approximate surface area is 176 Å². The molecular formula is C21H30N4O5. The van der Waals surface area contributed by atoms with Crippen molar-refractivity contribution >= 4 is 17.3 Å². The zero-order valence-electron chi connectivity index (χ0n) is 17.3. The predicted octanol–water partition coefficient (Wildman–Crippen LogP) is 1.98. The number of benzene rings is 1. The Morgan fingerprint density at radius 3 is 2.60 bits per heavy atom. The highest BCUT2D eigenvalue weighted by Crippen LogP contribution is 2.27. The second-order valence-electron chi connectivity index (χ2n) is 8.21. The van der Waals surface area contributed by atoms with E-state index in [4.69, 9.17) is 9.47 Å². The third-order valence-electron chi connectivity index (χ3n) is 6.36. The number of nitrogens with one attached hydrogen (secondary N) is 1. The molecule has 3 saturated heterocycles. The highest BCUT2D eigenvalue weighted by Gasteiger charge is 2.32. The van der Waals surface area contributed by atoms with Gasteiger partial charge in [0.05, 0.1) is 24.7 Å². The van der Waals surface area contributed by atoms with E-state index in [1.165, 1.54) is 6.07 Å². The Morgan fingerprint density at radius 2 is 1.93 bits per heavy atom. The Bertz CT molecular complexity index is 756. The van der Waals surface area contributed by atoms with E-state index >= 15 is 0 Å². The minimum absolute atomic E-state index is 0.133. The van der Waals surface area contributed by atoms with Gasteiger partial charge in [-0.1, -0.05) is 0 Å². The first kappa shape index (κ1) is 21.0. The molecule has 0 aromatic heterocycles. The Balaban J connectivity index is 1.50. The summed E-state index contributed by atoms with van der Waals surface area (Å²) in [6.45, 7) is 6.81. The molecule has 1 aromatic carbocycles. The largest absolute Gasteiger partial charge is 0.383 e. The van der Waals surface area contributed by atoms with Crippen molar-refractivity contribution in [2.75, 3.05) is 64.5 Å². The molecule has 0 saturated carbocycles. The summed E-state index contributed by atoms with van der Waals surface area (Å²) in [4.78, 5) is 28.0. The van der Waals surface area contributed by atoms with Gasteiger partial charge in [0.15, 0.2) is 0 Å². The van der Waals surface area contributed by atoms with Crippen LogP contribution >= 0.6 is 0 Å². The molecule has 3 fully saturated rings. The topological polar surface area (TPSA) is 97.2 Å². The van der Waals surface area contributed by atoms with E-state index in [0.29, 0.717) is 31.6 Å². The number of carbonyl (C=O) groups is 1. The standard InChI is InChI=1S/C21H30N4O5/c26-21(24-6-1-2-7-24)18-13-17(3-4-19(18)25(27)28)22-14-20(16-5-10-30-15-16)23-8-11-29-12-9-23/h3-4,13,16,20,22H,1-2,5-12,14-15H2. The summed E-state index contributed by atoms with van der Waals surface area (Å²) >= 11 is 0. The number of nitrogens with zero attached hydrogens (tertiary/aromatic N) is 3. The summed E-state index contributed by atoms with van der Waals surface area (Å²) in [5.74, 6) is 0.191. The maximum absolute atomic E-state index is 12.9. The number of ether oxygens (including phenoxy) is 2. The van der Waals surface area contributed by atoms with Gasteiger partial charge in [-0.15, -0.1) is 0 Å². The second-order valence-corrected chi connectivity index (χ2v) is 8.21. The third-order valence-corrected chi connectivity index (χ3v) is 6.36. The van der Waals surface area contributed by atoms with Crippen LogP contribution in [0.2, 0.25) is 0 Å². The van der Waals surface area contributed by atoms with Crippen molar-refractivity contribution < 1.29 is 19.2 Å². The van der Waals surface area contributed by atoms with Crippen LogP contribution in [0.4, 0.5) is 11.4 Å². The number of carbonyl (C=O) groups excluding carboxylic acids is 1. The Kier molecular flexibility index (Phi) is 6.81. The van der Waals surface area contributed by atoms with Gasteiger partial charge >= 0.3 is 0 Å². The van der Waals surface area contributed by atoms with Gasteiger partial charge in [-0.2, -0.15) is 0 Å². The molecule has 3 aliphatic rings. The number of morpholine rings is 1. The van der Waals surface area contributed by atoms with Crippen molar-refractivity contribution in [1.29, 1.82) is 0 Å². The number of rotatable bonds is 7. The number of amides is 1. The van der Waals surface area contributed by atoms with E-state index < -0.39 is 4.92 Å². The molecule has 0 spiro atoms. The fourth-order valence-electron chi connectivity index (χ4n) is 4.65. The molecule has 2 atom stereocenters. The van der Waals surface area contributed by atoms with Crippen LogP contribution in [0.5, 0.6) is 0 Å². The van der Waals surface area contributed by atoms with Crippen LogP contribution < -0.4 is 5.32 Å². The minimum atomic E-state index is -0.473. The van der Waals surface area contributed by atoms with Gasteiger partial charge < -0.3 is 19.7 Å². The van der Waals surface area contributed by atoms with Crippen LogP contribution in [0.25, 0.3) is 0 Å². The minimum Gasteiger partial charge on any atom is -0.383 e. The molecule has 164 valence electrons. The van der Waals surface area contributed by atoms with E-state index in [2.05, 4.69) is 10.2 Å². The number of nitro benzene ring substituents is 1. The van der Waals surface area contributed by atoms with E-state index in [-0.39, 0.29) is 17.2 Å². The lowest BCUT2D eigenvalue weighted by Crippen LogP contribution is -2.50. The van der Waals surface area contributed by atoms with E-state index in [9.17, 15) is 14.9 Å². The number of nitro groups is 1. The Hall–Kier alpha value is -2.23. The molecular weight excluding hydrogens is 388 g/mol. The van der Waals surface area contributed by atoms with Crippen LogP contribution in [0.1, 0.15) is 29.6 Å².